The molecule has 0 amide bonds. The molecule has 0 fully saturated rings. The molecule has 1 aromatic heterocycles. The zero-order valence-corrected chi connectivity index (χ0v) is 11.5. The number of nitrogen functional groups attached to an aromatic ring is 1. The molecule has 1 heterocycles. The molecular formula is C12H15N3O3S. The lowest BCUT2D eigenvalue weighted by Gasteiger charge is -2.05. The summed E-state index contributed by atoms with van der Waals surface area (Å²) in [6.07, 6.45) is 3.51. The van der Waals surface area contributed by atoms with E-state index in [4.69, 9.17) is 5.73 Å². The second-order valence-corrected chi connectivity index (χ2v) is 5.24. The summed E-state index contributed by atoms with van der Waals surface area (Å²) in [5, 5.41) is 0. The average Bonchev–Trinajstić information content (AvgIpc) is 2.33. The van der Waals surface area contributed by atoms with Crippen molar-refractivity contribution in [3.63, 3.8) is 0 Å². The molecule has 0 radical (unpaired) electrons. The van der Waals surface area contributed by atoms with Crippen LogP contribution in [0.15, 0.2) is 47.6 Å². The summed E-state index contributed by atoms with van der Waals surface area (Å²) in [5.74, 6) is 0.535. The second-order valence-electron chi connectivity index (χ2n) is 3.86. The van der Waals surface area contributed by atoms with Gasteiger partial charge in [0.05, 0.1) is 18.1 Å². The summed E-state index contributed by atoms with van der Waals surface area (Å²) in [7, 11) is -2.42. The van der Waals surface area contributed by atoms with E-state index in [0.29, 0.717) is 5.95 Å². The lowest BCUT2D eigenvalue weighted by molar-refractivity contribution is -0.659. The van der Waals surface area contributed by atoms with E-state index < -0.39 is 10.1 Å². The first kappa shape index (κ1) is 15.1. The Balaban J connectivity index is 0.000000200. The molecule has 0 aliphatic rings. The molecule has 2 rings (SSSR count). The van der Waals surface area contributed by atoms with E-state index in [1.165, 1.54) is 12.1 Å². The molecule has 0 saturated carbocycles. The molecular weight excluding hydrogens is 266 g/mol. The van der Waals surface area contributed by atoms with E-state index in [1.807, 2.05) is 26.2 Å². The van der Waals surface area contributed by atoms with Gasteiger partial charge in [0.15, 0.2) is 0 Å². The van der Waals surface area contributed by atoms with Crippen molar-refractivity contribution in [2.75, 3.05) is 5.73 Å². The van der Waals surface area contributed by atoms with Gasteiger partial charge >= 0.3 is 5.95 Å². The van der Waals surface area contributed by atoms with E-state index in [9.17, 15) is 13.0 Å². The number of rotatable bonds is 1. The van der Waals surface area contributed by atoms with Gasteiger partial charge in [-0.3, -0.25) is 5.73 Å². The average molecular weight is 281 g/mol. The summed E-state index contributed by atoms with van der Waals surface area (Å²) in [5.41, 5.74) is 6.30. The molecule has 2 N–H and O–H groups in total. The predicted octanol–water partition coefficient (Wildman–Crippen LogP) is 0.387. The largest absolute Gasteiger partial charge is 0.744 e. The molecule has 102 valence electrons. The number of hydrogen-bond donors (Lipinski definition) is 1. The lowest BCUT2D eigenvalue weighted by atomic mass is 10.2. The summed E-state index contributed by atoms with van der Waals surface area (Å²) in [4.78, 5) is 3.64. The van der Waals surface area contributed by atoms with Crippen LogP contribution >= 0.6 is 0 Å². The quantitative estimate of drug-likeness (QED) is 0.602. The minimum absolute atomic E-state index is 0.178. The Morgan fingerprint density at radius 1 is 1.26 bits per heavy atom. The Morgan fingerprint density at radius 2 is 1.84 bits per heavy atom. The van der Waals surface area contributed by atoms with Crippen LogP contribution in [0.4, 0.5) is 5.95 Å². The molecule has 0 saturated heterocycles. The van der Waals surface area contributed by atoms with Gasteiger partial charge in [0.2, 0.25) is 0 Å². The first-order chi connectivity index (χ1) is 8.80. The van der Waals surface area contributed by atoms with E-state index in [-0.39, 0.29) is 4.90 Å². The Bertz CT molecular complexity index is 619. The normalized spacial score (nSPS) is 10.5. The molecule has 6 nitrogen and oxygen atoms in total. The van der Waals surface area contributed by atoms with Crippen LogP contribution in [-0.4, -0.2) is 18.0 Å². The van der Waals surface area contributed by atoms with Gasteiger partial charge in [0, 0.05) is 6.07 Å². The van der Waals surface area contributed by atoms with Crippen LogP contribution < -0.4 is 10.3 Å². The molecule has 0 atom stereocenters. The third kappa shape index (κ3) is 5.02. The number of aryl methyl sites for hydroxylation is 2. The van der Waals surface area contributed by atoms with Crippen LogP contribution in [0.3, 0.4) is 0 Å². The van der Waals surface area contributed by atoms with Gasteiger partial charge in [-0.15, -0.1) is 0 Å². The Labute approximate surface area is 112 Å². The van der Waals surface area contributed by atoms with Crippen molar-refractivity contribution >= 4 is 16.1 Å². The highest BCUT2D eigenvalue weighted by Gasteiger charge is 1.97. The number of aromatic nitrogens is 2. The molecule has 0 aliphatic carbocycles. The zero-order valence-electron chi connectivity index (χ0n) is 10.6. The molecule has 0 bridgehead atoms. The molecule has 0 spiro atoms. The fourth-order valence-corrected chi connectivity index (χ4v) is 1.63. The summed E-state index contributed by atoms with van der Waals surface area (Å²) in [6.45, 7) is 1.82. The first-order valence-electron chi connectivity index (χ1n) is 5.39. The summed E-state index contributed by atoms with van der Waals surface area (Å²) in [6, 6.07) is 7.61. The zero-order chi connectivity index (χ0) is 14.5. The Kier molecular flexibility index (Phi) is 4.96. The second kappa shape index (κ2) is 6.26. The van der Waals surface area contributed by atoms with Crippen LogP contribution in [-0.2, 0) is 17.2 Å². The molecule has 19 heavy (non-hydrogen) atoms. The van der Waals surface area contributed by atoms with E-state index in [2.05, 4.69) is 4.98 Å². The topological polar surface area (TPSA) is 100.0 Å². The SMILES string of the molecule is C[n+]1cccnc1N.Cc1ccc(S(=O)(=O)[O-])cc1. The molecule has 0 unspecified atom stereocenters. The van der Waals surface area contributed by atoms with Crippen LogP contribution in [0.25, 0.3) is 0 Å². The van der Waals surface area contributed by atoms with Gasteiger partial charge < -0.3 is 4.55 Å². The highest BCUT2D eigenvalue weighted by molar-refractivity contribution is 7.85. The van der Waals surface area contributed by atoms with Gasteiger partial charge in [-0.2, -0.15) is 0 Å². The number of benzene rings is 1. The van der Waals surface area contributed by atoms with E-state index in [0.717, 1.165) is 5.56 Å². The predicted molar refractivity (Wildman–Crippen MR) is 69.0 cm³/mol. The van der Waals surface area contributed by atoms with E-state index in [1.54, 1.807) is 22.9 Å². The fourth-order valence-electron chi connectivity index (χ4n) is 1.16. The van der Waals surface area contributed by atoms with Crippen LogP contribution in [0.2, 0.25) is 0 Å². The standard InChI is InChI=1S/C7H8O3S.C5H7N3/c1-6-2-4-7(5-3-6)11(8,9)10;1-8-4-2-3-7-5(8)6/h2-5H,1H3,(H,8,9,10);2-4,6H,1H3. The van der Waals surface area contributed by atoms with Gasteiger partial charge in [0.25, 0.3) is 0 Å². The number of nitrogens with zero attached hydrogens (tertiary/aromatic N) is 2. The smallest absolute Gasteiger partial charge is 0.388 e. The maximum Gasteiger partial charge on any atom is 0.388 e. The fraction of sp³-hybridized carbons (Fsp3) is 0.167. The summed E-state index contributed by atoms with van der Waals surface area (Å²) < 4.78 is 32.9. The minimum atomic E-state index is -4.27. The van der Waals surface area contributed by atoms with Gasteiger partial charge in [-0.25, -0.2) is 13.0 Å². The maximum absolute atomic E-state index is 10.4. The molecule has 0 aliphatic heterocycles. The van der Waals surface area contributed by atoms with Crippen LogP contribution in [0.1, 0.15) is 5.56 Å². The highest BCUT2D eigenvalue weighted by Crippen LogP contribution is 2.08. The van der Waals surface area contributed by atoms with Crippen molar-refractivity contribution in [3.05, 3.63) is 48.3 Å². The molecule has 7 heteroatoms. The Morgan fingerprint density at radius 3 is 2.21 bits per heavy atom. The van der Waals surface area contributed by atoms with E-state index >= 15 is 0 Å². The van der Waals surface area contributed by atoms with Crippen molar-refractivity contribution in [3.8, 4) is 0 Å². The highest BCUT2D eigenvalue weighted by atomic mass is 32.2. The molecule has 2 aromatic rings. The van der Waals surface area contributed by atoms with Crippen LogP contribution in [0.5, 0.6) is 0 Å². The van der Waals surface area contributed by atoms with Crippen LogP contribution in [0, 0.1) is 6.92 Å². The Hall–Kier alpha value is -1.99. The summed E-state index contributed by atoms with van der Waals surface area (Å²) >= 11 is 0. The third-order valence-corrected chi connectivity index (χ3v) is 3.12. The van der Waals surface area contributed by atoms with Crippen molar-refractivity contribution < 1.29 is 17.5 Å². The van der Waals surface area contributed by atoms with Gasteiger partial charge in [-0.1, -0.05) is 22.7 Å². The van der Waals surface area contributed by atoms with Crippen molar-refractivity contribution in [1.82, 2.24) is 4.98 Å². The third-order valence-electron chi connectivity index (χ3n) is 2.27. The van der Waals surface area contributed by atoms with Gasteiger partial charge in [0.1, 0.15) is 16.3 Å². The van der Waals surface area contributed by atoms with Crippen molar-refractivity contribution in [2.24, 2.45) is 7.05 Å². The van der Waals surface area contributed by atoms with Crippen molar-refractivity contribution in [1.29, 1.82) is 0 Å². The molecule has 1 aromatic carbocycles. The number of anilines is 1. The first-order valence-corrected chi connectivity index (χ1v) is 6.80. The number of nitrogens with two attached hydrogens (primary N) is 1. The lowest BCUT2D eigenvalue weighted by Crippen LogP contribution is -2.32. The number of hydrogen-bond acceptors (Lipinski definition) is 5. The minimum Gasteiger partial charge on any atom is -0.744 e. The monoisotopic (exact) mass is 281 g/mol. The van der Waals surface area contributed by atoms with Gasteiger partial charge in [-0.05, 0) is 19.1 Å². The van der Waals surface area contributed by atoms with Crippen molar-refractivity contribution in [2.45, 2.75) is 11.8 Å². The maximum atomic E-state index is 10.4.